The molecule has 1 atom stereocenters. The van der Waals surface area contributed by atoms with Crippen molar-refractivity contribution in [2.24, 2.45) is 0 Å². The highest BCUT2D eigenvalue weighted by atomic mass is 16.5. The summed E-state index contributed by atoms with van der Waals surface area (Å²) in [6.07, 6.45) is 2.12. The van der Waals surface area contributed by atoms with E-state index in [4.69, 9.17) is 9.84 Å². The summed E-state index contributed by atoms with van der Waals surface area (Å²) in [6.45, 7) is 6.50. The third-order valence-electron chi connectivity index (χ3n) is 2.72. The molecule has 0 heterocycles. The molecule has 0 bridgehead atoms. The molecule has 0 aliphatic rings. The van der Waals surface area contributed by atoms with Gasteiger partial charge < -0.3 is 15.2 Å². The molecule has 5 nitrogen and oxygen atoms in total. The highest BCUT2D eigenvalue weighted by Crippen LogP contribution is 2.02. The van der Waals surface area contributed by atoms with Crippen molar-refractivity contribution in [3.63, 3.8) is 0 Å². The van der Waals surface area contributed by atoms with E-state index in [0.29, 0.717) is 19.7 Å². The smallest absolute Gasteiger partial charge is 0.237 e. The van der Waals surface area contributed by atoms with Crippen molar-refractivity contribution in [1.82, 2.24) is 10.2 Å². The molecule has 0 saturated heterocycles. The zero-order chi connectivity index (χ0) is 13.1. The molecule has 1 unspecified atom stereocenters. The van der Waals surface area contributed by atoms with E-state index in [-0.39, 0.29) is 18.6 Å². The number of hydrogen-bond donors (Lipinski definition) is 2. The Bertz CT molecular complexity index is 200. The minimum absolute atomic E-state index is 0.00777. The SMILES string of the molecule is CCCCN(CCO)C(C)C(=O)NCCOC. The van der Waals surface area contributed by atoms with E-state index in [1.165, 1.54) is 0 Å². The number of aliphatic hydroxyl groups excluding tert-OH is 1. The zero-order valence-electron chi connectivity index (χ0n) is 11.2. The summed E-state index contributed by atoms with van der Waals surface area (Å²) in [7, 11) is 1.61. The van der Waals surface area contributed by atoms with Crippen LogP contribution >= 0.6 is 0 Å². The van der Waals surface area contributed by atoms with Crippen LogP contribution in [0.5, 0.6) is 0 Å². The van der Waals surface area contributed by atoms with Gasteiger partial charge in [0.05, 0.1) is 19.3 Å². The van der Waals surface area contributed by atoms with Gasteiger partial charge in [0.1, 0.15) is 0 Å². The molecule has 17 heavy (non-hydrogen) atoms. The number of aliphatic hydroxyl groups is 1. The Labute approximate surface area is 104 Å². The highest BCUT2D eigenvalue weighted by Gasteiger charge is 2.19. The number of amides is 1. The number of nitrogens with one attached hydrogen (secondary N) is 1. The Kier molecular flexibility index (Phi) is 10.1. The van der Waals surface area contributed by atoms with Gasteiger partial charge in [-0.15, -0.1) is 0 Å². The molecule has 0 radical (unpaired) electrons. The van der Waals surface area contributed by atoms with Crippen LogP contribution in [0.2, 0.25) is 0 Å². The summed E-state index contributed by atoms with van der Waals surface area (Å²) >= 11 is 0. The fourth-order valence-corrected chi connectivity index (χ4v) is 1.58. The first-order valence-corrected chi connectivity index (χ1v) is 6.28. The van der Waals surface area contributed by atoms with Gasteiger partial charge in [-0.2, -0.15) is 0 Å². The van der Waals surface area contributed by atoms with Crippen LogP contribution in [-0.2, 0) is 9.53 Å². The number of ether oxygens (including phenoxy) is 1. The maximum absolute atomic E-state index is 11.8. The van der Waals surface area contributed by atoms with Gasteiger partial charge in [0.2, 0.25) is 5.91 Å². The molecule has 1 amide bonds. The number of nitrogens with zero attached hydrogens (tertiary/aromatic N) is 1. The van der Waals surface area contributed by atoms with Gasteiger partial charge in [-0.1, -0.05) is 13.3 Å². The Hall–Kier alpha value is -0.650. The summed E-state index contributed by atoms with van der Waals surface area (Å²) in [4.78, 5) is 13.8. The predicted molar refractivity (Wildman–Crippen MR) is 67.9 cm³/mol. The van der Waals surface area contributed by atoms with E-state index in [0.717, 1.165) is 19.4 Å². The maximum atomic E-state index is 11.8. The number of unbranched alkanes of at least 4 members (excludes halogenated alkanes) is 1. The molecule has 0 aliphatic carbocycles. The minimum Gasteiger partial charge on any atom is -0.395 e. The molecule has 5 heteroatoms. The molecule has 0 saturated carbocycles. The van der Waals surface area contributed by atoms with Gasteiger partial charge >= 0.3 is 0 Å². The van der Waals surface area contributed by atoms with Crippen LogP contribution in [0.1, 0.15) is 26.7 Å². The number of methoxy groups -OCH3 is 1. The Morgan fingerprint density at radius 3 is 2.71 bits per heavy atom. The molecule has 0 aromatic heterocycles. The minimum atomic E-state index is -0.203. The van der Waals surface area contributed by atoms with Crippen molar-refractivity contribution in [1.29, 1.82) is 0 Å². The van der Waals surface area contributed by atoms with Crippen molar-refractivity contribution in [3.8, 4) is 0 Å². The molecular formula is C12H26N2O3. The van der Waals surface area contributed by atoms with Crippen LogP contribution in [0.4, 0.5) is 0 Å². The number of carbonyl (C=O) groups excluding carboxylic acids is 1. The largest absolute Gasteiger partial charge is 0.395 e. The average Bonchev–Trinajstić information content (AvgIpc) is 2.33. The zero-order valence-corrected chi connectivity index (χ0v) is 11.2. The Morgan fingerprint density at radius 1 is 1.47 bits per heavy atom. The first-order valence-electron chi connectivity index (χ1n) is 6.28. The van der Waals surface area contributed by atoms with Gasteiger partial charge in [0.15, 0.2) is 0 Å². The third-order valence-corrected chi connectivity index (χ3v) is 2.72. The van der Waals surface area contributed by atoms with Crippen molar-refractivity contribution in [2.45, 2.75) is 32.7 Å². The quantitative estimate of drug-likeness (QED) is 0.542. The topological polar surface area (TPSA) is 61.8 Å². The molecule has 0 aliphatic heterocycles. The second-order valence-electron chi connectivity index (χ2n) is 4.07. The van der Waals surface area contributed by atoms with Crippen LogP contribution in [-0.4, -0.2) is 61.9 Å². The lowest BCUT2D eigenvalue weighted by atomic mass is 10.2. The summed E-state index contributed by atoms with van der Waals surface area (Å²) < 4.78 is 4.88. The standard InChI is InChI=1S/C12H26N2O3/c1-4-5-7-14(8-9-15)11(2)12(16)13-6-10-17-3/h11,15H,4-10H2,1-3H3,(H,13,16). The van der Waals surface area contributed by atoms with Gasteiger partial charge in [0.25, 0.3) is 0 Å². The first kappa shape index (κ1) is 16.4. The van der Waals surface area contributed by atoms with Crippen LogP contribution in [0.15, 0.2) is 0 Å². The van der Waals surface area contributed by atoms with Crippen molar-refractivity contribution < 1.29 is 14.6 Å². The average molecular weight is 246 g/mol. The fraction of sp³-hybridized carbons (Fsp3) is 0.917. The van der Waals surface area contributed by atoms with E-state index in [1.54, 1.807) is 7.11 Å². The van der Waals surface area contributed by atoms with Gasteiger partial charge in [-0.25, -0.2) is 0 Å². The number of hydrogen-bond acceptors (Lipinski definition) is 4. The lowest BCUT2D eigenvalue weighted by Gasteiger charge is -2.27. The molecule has 0 aromatic rings. The van der Waals surface area contributed by atoms with Crippen molar-refractivity contribution in [2.75, 3.05) is 40.0 Å². The second-order valence-corrected chi connectivity index (χ2v) is 4.07. The van der Waals surface area contributed by atoms with Crippen molar-refractivity contribution >= 4 is 5.91 Å². The highest BCUT2D eigenvalue weighted by molar-refractivity contribution is 5.81. The summed E-state index contributed by atoms with van der Waals surface area (Å²) in [5, 5.41) is 11.8. The normalized spacial score (nSPS) is 12.8. The first-order chi connectivity index (χ1) is 8.17. The van der Waals surface area contributed by atoms with Crippen LogP contribution in [0.3, 0.4) is 0 Å². The lowest BCUT2D eigenvalue weighted by Crippen LogP contribution is -2.47. The van der Waals surface area contributed by atoms with Crippen molar-refractivity contribution in [3.05, 3.63) is 0 Å². The van der Waals surface area contributed by atoms with Crippen LogP contribution < -0.4 is 5.32 Å². The third kappa shape index (κ3) is 7.31. The van der Waals surface area contributed by atoms with Gasteiger partial charge in [-0.05, 0) is 19.9 Å². The molecule has 0 fully saturated rings. The molecule has 0 spiro atoms. The predicted octanol–water partition coefficient (Wildman–Crippen LogP) is 0.232. The molecule has 0 rings (SSSR count). The van der Waals surface area contributed by atoms with E-state index < -0.39 is 0 Å². The maximum Gasteiger partial charge on any atom is 0.237 e. The summed E-state index contributed by atoms with van der Waals surface area (Å²) in [5.74, 6) is -0.00777. The molecular weight excluding hydrogens is 220 g/mol. The van der Waals surface area contributed by atoms with Gasteiger partial charge in [-0.3, -0.25) is 9.69 Å². The van der Waals surface area contributed by atoms with E-state index in [2.05, 4.69) is 12.2 Å². The second kappa shape index (κ2) is 10.5. The van der Waals surface area contributed by atoms with E-state index >= 15 is 0 Å². The van der Waals surface area contributed by atoms with Gasteiger partial charge in [0, 0.05) is 20.2 Å². The number of carbonyl (C=O) groups is 1. The monoisotopic (exact) mass is 246 g/mol. The molecule has 102 valence electrons. The lowest BCUT2D eigenvalue weighted by molar-refractivity contribution is -0.126. The fourth-order valence-electron chi connectivity index (χ4n) is 1.58. The number of rotatable bonds is 10. The van der Waals surface area contributed by atoms with Crippen LogP contribution in [0.25, 0.3) is 0 Å². The van der Waals surface area contributed by atoms with E-state index in [9.17, 15) is 4.79 Å². The van der Waals surface area contributed by atoms with E-state index in [1.807, 2.05) is 11.8 Å². The molecule has 2 N–H and O–H groups in total. The molecule has 0 aromatic carbocycles. The summed E-state index contributed by atoms with van der Waals surface area (Å²) in [6, 6.07) is -0.203. The summed E-state index contributed by atoms with van der Waals surface area (Å²) in [5.41, 5.74) is 0. The Morgan fingerprint density at radius 2 is 2.18 bits per heavy atom. The van der Waals surface area contributed by atoms with Crippen LogP contribution in [0, 0.1) is 0 Å². The Balaban J connectivity index is 4.08.